The van der Waals surface area contributed by atoms with Crippen molar-refractivity contribution in [3.8, 4) is 0 Å². The summed E-state index contributed by atoms with van der Waals surface area (Å²) >= 11 is 1.83. The summed E-state index contributed by atoms with van der Waals surface area (Å²) in [5, 5.41) is 3.68. The van der Waals surface area contributed by atoms with E-state index < -0.39 is 0 Å². The summed E-state index contributed by atoms with van der Waals surface area (Å²) in [6.45, 7) is 2.97. The van der Waals surface area contributed by atoms with Crippen molar-refractivity contribution < 1.29 is 0 Å². The Morgan fingerprint density at radius 3 is 2.85 bits per heavy atom. The van der Waals surface area contributed by atoms with Gasteiger partial charge in [0.05, 0.1) is 0 Å². The number of hydrogen-bond donors (Lipinski definition) is 1. The Balaban J connectivity index is 1.61. The minimum Gasteiger partial charge on any atom is -0.398 e. The Morgan fingerprint density at radius 2 is 1.95 bits per heavy atom. The van der Waals surface area contributed by atoms with Gasteiger partial charge in [-0.1, -0.05) is 30.3 Å². The number of fused-ring (bicyclic) bond motifs is 2. The van der Waals surface area contributed by atoms with Gasteiger partial charge in [0, 0.05) is 30.0 Å². The van der Waals surface area contributed by atoms with Crippen LogP contribution in [0.15, 0.2) is 47.8 Å². The normalized spacial score (nSPS) is 14.8. The van der Waals surface area contributed by atoms with Gasteiger partial charge in [0.1, 0.15) is 0 Å². The molecule has 0 fully saturated rings. The summed E-state index contributed by atoms with van der Waals surface area (Å²) in [7, 11) is 0. The summed E-state index contributed by atoms with van der Waals surface area (Å²) in [6.07, 6.45) is 0. The van der Waals surface area contributed by atoms with Crippen LogP contribution in [-0.4, -0.2) is 4.90 Å². The van der Waals surface area contributed by atoms with E-state index in [1.54, 1.807) is 0 Å². The van der Waals surface area contributed by atoms with E-state index in [0.29, 0.717) is 0 Å². The van der Waals surface area contributed by atoms with Crippen molar-refractivity contribution >= 4 is 27.1 Å². The monoisotopic (exact) mass is 280 g/mol. The van der Waals surface area contributed by atoms with Crippen LogP contribution in [0.1, 0.15) is 16.7 Å². The predicted molar refractivity (Wildman–Crippen MR) is 85.6 cm³/mol. The minimum absolute atomic E-state index is 0.931. The molecule has 2 nitrogen and oxygen atoms in total. The molecule has 0 saturated carbocycles. The molecule has 1 aromatic heterocycles. The summed E-state index contributed by atoms with van der Waals surface area (Å²) in [5.41, 5.74) is 11.1. The molecule has 3 aromatic rings. The molecule has 2 heterocycles. The molecule has 4 rings (SSSR count). The number of benzene rings is 2. The third kappa shape index (κ3) is 1.90. The second-order valence-electron chi connectivity index (χ2n) is 5.39. The van der Waals surface area contributed by atoms with Crippen molar-refractivity contribution in [2.75, 3.05) is 5.73 Å². The fourth-order valence-electron chi connectivity index (χ4n) is 3.02. The maximum absolute atomic E-state index is 6.07. The molecule has 0 saturated heterocycles. The first-order chi connectivity index (χ1) is 9.81. The van der Waals surface area contributed by atoms with E-state index >= 15 is 0 Å². The second kappa shape index (κ2) is 4.62. The highest BCUT2D eigenvalue weighted by atomic mass is 32.1. The van der Waals surface area contributed by atoms with Gasteiger partial charge in [-0.05, 0) is 39.6 Å². The Hall–Kier alpha value is -1.84. The molecule has 1 aliphatic heterocycles. The number of rotatable bonds is 2. The largest absolute Gasteiger partial charge is 0.398 e. The smallest absolute Gasteiger partial charge is 0.0363 e. The molecule has 3 heteroatoms. The van der Waals surface area contributed by atoms with Gasteiger partial charge in [-0.3, -0.25) is 4.90 Å². The first-order valence-electron chi connectivity index (χ1n) is 6.85. The fraction of sp³-hybridized carbons (Fsp3) is 0.176. The topological polar surface area (TPSA) is 29.3 Å². The summed E-state index contributed by atoms with van der Waals surface area (Å²) in [6, 6.07) is 14.9. The molecule has 2 aromatic carbocycles. The van der Waals surface area contributed by atoms with E-state index in [2.05, 4.69) is 46.7 Å². The Morgan fingerprint density at radius 1 is 1.05 bits per heavy atom. The van der Waals surface area contributed by atoms with Gasteiger partial charge >= 0.3 is 0 Å². The maximum atomic E-state index is 6.07. The van der Waals surface area contributed by atoms with Crippen molar-refractivity contribution in [3.05, 3.63) is 64.5 Å². The molecule has 0 bridgehead atoms. The molecule has 0 radical (unpaired) electrons. The van der Waals surface area contributed by atoms with Gasteiger partial charge in [-0.25, -0.2) is 0 Å². The number of hydrogen-bond acceptors (Lipinski definition) is 3. The Kier molecular flexibility index (Phi) is 2.76. The van der Waals surface area contributed by atoms with Crippen molar-refractivity contribution in [2.45, 2.75) is 19.6 Å². The molecular formula is C17H16N2S. The van der Waals surface area contributed by atoms with Gasteiger partial charge in [0.25, 0.3) is 0 Å². The molecule has 100 valence electrons. The van der Waals surface area contributed by atoms with Crippen LogP contribution < -0.4 is 5.73 Å². The lowest BCUT2D eigenvalue weighted by atomic mass is 10.1. The summed E-state index contributed by atoms with van der Waals surface area (Å²) in [5.74, 6) is 0. The third-order valence-electron chi connectivity index (χ3n) is 4.04. The van der Waals surface area contributed by atoms with Crippen molar-refractivity contribution in [1.29, 1.82) is 0 Å². The molecule has 0 atom stereocenters. The van der Waals surface area contributed by atoms with Crippen LogP contribution in [0, 0.1) is 0 Å². The average Bonchev–Trinajstić information content (AvgIpc) is 3.05. The number of nitrogens with two attached hydrogens (primary N) is 1. The van der Waals surface area contributed by atoms with Gasteiger partial charge in [0.15, 0.2) is 0 Å². The number of anilines is 1. The van der Waals surface area contributed by atoms with Crippen LogP contribution in [0.5, 0.6) is 0 Å². The third-order valence-corrected chi connectivity index (χ3v) is 5.05. The second-order valence-corrected chi connectivity index (χ2v) is 6.30. The molecule has 2 N–H and O–H groups in total. The van der Waals surface area contributed by atoms with Crippen LogP contribution >= 0.6 is 11.3 Å². The molecule has 0 unspecified atom stereocenters. The number of nitrogen functional groups attached to an aromatic ring is 1. The van der Waals surface area contributed by atoms with Crippen molar-refractivity contribution in [2.24, 2.45) is 0 Å². The van der Waals surface area contributed by atoms with E-state index in [1.807, 2.05) is 17.4 Å². The molecule has 0 aliphatic carbocycles. The lowest BCUT2D eigenvalue weighted by molar-refractivity contribution is 0.277. The van der Waals surface area contributed by atoms with Crippen molar-refractivity contribution in [1.82, 2.24) is 4.90 Å². The predicted octanol–water partition coefficient (Wildman–Crippen LogP) is 4.00. The lowest BCUT2D eigenvalue weighted by Crippen LogP contribution is -2.15. The van der Waals surface area contributed by atoms with E-state index in [1.165, 1.54) is 26.8 Å². The van der Waals surface area contributed by atoms with Crippen LogP contribution in [0.4, 0.5) is 5.69 Å². The molecule has 0 spiro atoms. The average molecular weight is 280 g/mol. The van der Waals surface area contributed by atoms with Gasteiger partial charge in [-0.2, -0.15) is 0 Å². The van der Waals surface area contributed by atoms with Crippen LogP contribution in [0.3, 0.4) is 0 Å². The Labute approximate surface area is 122 Å². The maximum Gasteiger partial charge on any atom is 0.0363 e. The first-order valence-corrected chi connectivity index (χ1v) is 7.73. The standard InChI is InChI=1S/C17H16N2S/c18-16-6-3-4-12-8-19(10-15(12)16)9-13-11-20-17-7-2-1-5-14(13)17/h1-7,11H,8-10,18H2. The highest BCUT2D eigenvalue weighted by Gasteiger charge is 2.21. The summed E-state index contributed by atoms with van der Waals surface area (Å²) in [4.78, 5) is 2.47. The van der Waals surface area contributed by atoms with E-state index in [0.717, 1.165) is 25.3 Å². The SMILES string of the molecule is Nc1cccc2c1CN(Cc1csc3ccccc13)C2. The van der Waals surface area contributed by atoms with Gasteiger partial charge in [-0.15, -0.1) is 11.3 Å². The highest BCUT2D eigenvalue weighted by Crippen LogP contribution is 2.31. The highest BCUT2D eigenvalue weighted by molar-refractivity contribution is 7.17. The summed E-state index contributed by atoms with van der Waals surface area (Å²) < 4.78 is 1.37. The quantitative estimate of drug-likeness (QED) is 0.719. The molecule has 0 amide bonds. The Bertz CT molecular complexity index is 776. The minimum atomic E-state index is 0.931. The van der Waals surface area contributed by atoms with E-state index in [4.69, 9.17) is 5.73 Å². The van der Waals surface area contributed by atoms with E-state index in [9.17, 15) is 0 Å². The number of thiophene rings is 1. The first kappa shape index (κ1) is 11.9. The zero-order valence-electron chi connectivity index (χ0n) is 11.2. The van der Waals surface area contributed by atoms with E-state index in [-0.39, 0.29) is 0 Å². The van der Waals surface area contributed by atoms with Crippen LogP contribution in [-0.2, 0) is 19.6 Å². The van der Waals surface area contributed by atoms with Crippen LogP contribution in [0.2, 0.25) is 0 Å². The zero-order valence-corrected chi connectivity index (χ0v) is 12.0. The molecular weight excluding hydrogens is 264 g/mol. The fourth-order valence-corrected chi connectivity index (χ4v) is 3.98. The van der Waals surface area contributed by atoms with Gasteiger partial charge in [0.2, 0.25) is 0 Å². The van der Waals surface area contributed by atoms with Crippen molar-refractivity contribution in [3.63, 3.8) is 0 Å². The van der Waals surface area contributed by atoms with Gasteiger partial charge < -0.3 is 5.73 Å². The lowest BCUT2D eigenvalue weighted by Gasteiger charge is -2.14. The molecule has 20 heavy (non-hydrogen) atoms. The van der Waals surface area contributed by atoms with Crippen LogP contribution in [0.25, 0.3) is 10.1 Å². The zero-order chi connectivity index (χ0) is 13.5. The number of nitrogens with zero attached hydrogens (tertiary/aromatic N) is 1. The molecule has 1 aliphatic rings.